The molecule has 1 aliphatic rings. The summed E-state index contributed by atoms with van der Waals surface area (Å²) in [4.78, 5) is 38.3. The third-order valence-electron chi connectivity index (χ3n) is 6.35. The SMILES string of the molecule is C[C@H](CC(=O)N1CC[C@](O)(c2ccc(Cl)cc2)C(C)(C)C1)NC(=O)c1cccc(C(=O)O)c1. The van der Waals surface area contributed by atoms with Gasteiger partial charge in [-0.05, 0) is 49.2 Å². The van der Waals surface area contributed by atoms with Gasteiger partial charge in [0.2, 0.25) is 5.91 Å². The van der Waals surface area contributed by atoms with Crippen molar-refractivity contribution in [3.63, 3.8) is 0 Å². The van der Waals surface area contributed by atoms with Gasteiger partial charge in [0.15, 0.2) is 0 Å². The molecular weight excluding hydrogens is 444 g/mol. The largest absolute Gasteiger partial charge is 0.478 e. The van der Waals surface area contributed by atoms with Crippen LogP contribution < -0.4 is 5.32 Å². The number of likely N-dealkylation sites (tertiary alicyclic amines) is 1. The summed E-state index contributed by atoms with van der Waals surface area (Å²) >= 11 is 5.99. The van der Waals surface area contributed by atoms with Gasteiger partial charge in [0.05, 0.1) is 11.2 Å². The number of benzene rings is 2. The average molecular weight is 473 g/mol. The van der Waals surface area contributed by atoms with E-state index in [0.29, 0.717) is 24.5 Å². The minimum Gasteiger partial charge on any atom is -0.478 e. The van der Waals surface area contributed by atoms with E-state index in [1.807, 2.05) is 26.0 Å². The van der Waals surface area contributed by atoms with E-state index in [0.717, 1.165) is 5.56 Å². The lowest BCUT2D eigenvalue weighted by Crippen LogP contribution is -2.57. The van der Waals surface area contributed by atoms with Crippen LogP contribution >= 0.6 is 11.6 Å². The van der Waals surface area contributed by atoms with E-state index in [9.17, 15) is 19.5 Å². The number of piperidine rings is 1. The van der Waals surface area contributed by atoms with Crippen LogP contribution in [0.4, 0.5) is 0 Å². The van der Waals surface area contributed by atoms with Crippen molar-refractivity contribution in [2.75, 3.05) is 13.1 Å². The molecule has 0 spiro atoms. The molecule has 1 fully saturated rings. The monoisotopic (exact) mass is 472 g/mol. The van der Waals surface area contributed by atoms with Gasteiger partial charge in [-0.25, -0.2) is 4.79 Å². The molecule has 0 aromatic heterocycles. The summed E-state index contributed by atoms with van der Waals surface area (Å²) in [5.41, 5.74) is -0.674. The van der Waals surface area contributed by atoms with E-state index >= 15 is 0 Å². The number of nitrogens with one attached hydrogen (secondary N) is 1. The van der Waals surface area contributed by atoms with E-state index in [1.54, 1.807) is 24.0 Å². The molecule has 2 aromatic rings. The number of hydrogen-bond acceptors (Lipinski definition) is 4. The molecule has 0 bridgehead atoms. The van der Waals surface area contributed by atoms with Gasteiger partial charge in [0, 0.05) is 41.6 Å². The maximum absolute atomic E-state index is 12.9. The molecule has 0 saturated carbocycles. The summed E-state index contributed by atoms with van der Waals surface area (Å²) in [5.74, 6) is -1.66. The second-order valence-electron chi connectivity index (χ2n) is 9.28. The number of halogens is 1. The number of carbonyl (C=O) groups excluding carboxylic acids is 2. The van der Waals surface area contributed by atoms with Gasteiger partial charge in [-0.15, -0.1) is 0 Å². The zero-order valence-electron chi connectivity index (χ0n) is 19.0. The molecule has 1 heterocycles. The summed E-state index contributed by atoms with van der Waals surface area (Å²) in [6, 6.07) is 12.4. The highest BCUT2D eigenvalue weighted by Crippen LogP contribution is 2.46. The lowest BCUT2D eigenvalue weighted by Gasteiger charge is -2.50. The van der Waals surface area contributed by atoms with E-state index in [1.165, 1.54) is 24.3 Å². The van der Waals surface area contributed by atoms with Crippen LogP contribution in [-0.2, 0) is 10.4 Å². The Hall–Kier alpha value is -2.90. The molecule has 2 amide bonds. The lowest BCUT2D eigenvalue weighted by atomic mass is 9.66. The zero-order valence-corrected chi connectivity index (χ0v) is 19.7. The van der Waals surface area contributed by atoms with Crippen molar-refractivity contribution in [2.45, 2.75) is 45.3 Å². The van der Waals surface area contributed by atoms with Crippen molar-refractivity contribution in [3.05, 3.63) is 70.2 Å². The van der Waals surface area contributed by atoms with Crippen molar-refractivity contribution >= 4 is 29.4 Å². The van der Waals surface area contributed by atoms with Crippen molar-refractivity contribution < 1.29 is 24.6 Å². The topological polar surface area (TPSA) is 107 Å². The first kappa shape index (κ1) is 24.7. The Morgan fingerprint density at radius 1 is 1.12 bits per heavy atom. The molecule has 7 nitrogen and oxygen atoms in total. The van der Waals surface area contributed by atoms with Crippen molar-refractivity contribution in [2.24, 2.45) is 5.41 Å². The molecule has 3 N–H and O–H groups in total. The summed E-state index contributed by atoms with van der Waals surface area (Å²) < 4.78 is 0. The third kappa shape index (κ3) is 5.37. The summed E-state index contributed by atoms with van der Waals surface area (Å²) in [5, 5.41) is 23.9. The Kier molecular flexibility index (Phi) is 7.14. The fourth-order valence-electron chi connectivity index (χ4n) is 4.34. The van der Waals surface area contributed by atoms with Crippen LogP contribution in [0.1, 0.15) is 59.9 Å². The number of carbonyl (C=O) groups is 3. The molecule has 3 rings (SSSR count). The van der Waals surface area contributed by atoms with Crippen LogP contribution in [0.3, 0.4) is 0 Å². The van der Waals surface area contributed by atoms with Gasteiger partial charge >= 0.3 is 5.97 Å². The lowest BCUT2D eigenvalue weighted by molar-refractivity contribution is -0.153. The molecule has 2 aromatic carbocycles. The first-order valence-corrected chi connectivity index (χ1v) is 11.2. The van der Waals surface area contributed by atoms with Gasteiger partial charge in [0.1, 0.15) is 0 Å². The second kappa shape index (κ2) is 9.53. The Morgan fingerprint density at radius 2 is 1.76 bits per heavy atom. The predicted octanol–water partition coefficient (Wildman–Crippen LogP) is 3.69. The molecule has 0 aliphatic carbocycles. The van der Waals surface area contributed by atoms with Crippen molar-refractivity contribution in [1.82, 2.24) is 10.2 Å². The Morgan fingerprint density at radius 3 is 2.36 bits per heavy atom. The van der Waals surface area contributed by atoms with E-state index < -0.39 is 28.9 Å². The first-order valence-electron chi connectivity index (χ1n) is 10.8. The van der Waals surface area contributed by atoms with E-state index in [-0.39, 0.29) is 23.5 Å². The molecule has 8 heteroatoms. The first-order chi connectivity index (χ1) is 15.4. The number of aliphatic hydroxyl groups is 1. The molecule has 1 saturated heterocycles. The molecule has 1 aliphatic heterocycles. The minimum atomic E-state index is -1.11. The van der Waals surface area contributed by atoms with Gasteiger partial charge in [-0.1, -0.05) is 43.6 Å². The van der Waals surface area contributed by atoms with Gasteiger partial charge in [-0.2, -0.15) is 0 Å². The summed E-state index contributed by atoms with van der Waals surface area (Å²) in [7, 11) is 0. The maximum Gasteiger partial charge on any atom is 0.335 e. The standard InChI is InChI=1S/C25H29ClN2O5/c1-16(27-22(30)17-5-4-6-18(14-17)23(31)32)13-21(29)28-12-11-25(33,24(2,3)15-28)19-7-9-20(26)10-8-19/h4-10,14,16,33H,11-13,15H2,1-3H3,(H,27,30)(H,31,32)/t16-,25+/m1/s1. The van der Waals surface area contributed by atoms with Crippen LogP contribution in [0.15, 0.2) is 48.5 Å². The number of nitrogens with zero attached hydrogens (tertiary/aromatic N) is 1. The highest BCUT2D eigenvalue weighted by molar-refractivity contribution is 6.30. The van der Waals surface area contributed by atoms with E-state index in [4.69, 9.17) is 16.7 Å². The average Bonchev–Trinajstić information content (AvgIpc) is 2.75. The quantitative estimate of drug-likeness (QED) is 0.594. The molecule has 0 unspecified atom stereocenters. The molecule has 0 radical (unpaired) electrons. The number of hydrogen-bond donors (Lipinski definition) is 3. The number of aromatic carboxylic acids is 1. The Balaban J connectivity index is 1.62. The zero-order chi connectivity index (χ0) is 24.4. The Labute approximate surface area is 198 Å². The van der Waals surface area contributed by atoms with Crippen LogP contribution in [0.25, 0.3) is 0 Å². The fraction of sp³-hybridized carbons (Fsp3) is 0.400. The molecule has 33 heavy (non-hydrogen) atoms. The molecule has 2 atom stereocenters. The third-order valence-corrected chi connectivity index (χ3v) is 6.61. The predicted molar refractivity (Wildman–Crippen MR) is 125 cm³/mol. The summed E-state index contributed by atoms with van der Waals surface area (Å²) in [6.07, 6.45) is 0.482. The Bertz CT molecular complexity index is 1050. The van der Waals surface area contributed by atoms with Crippen molar-refractivity contribution in [3.8, 4) is 0 Å². The summed E-state index contributed by atoms with van der Waals surface area (Å²) in [6.45, 7) is 6.36. The maximum atomic E-state index is 12.9. The molecule has 176 valence electrons. The van der Waals surface area contributed by atoms with Gasteiger partial charge < -0.3 is 20.4 Å². The van der Waals surface area contributed by atoms with E-state index in [2.05, 4.69) is 5.32 Å². The van der Waals surface area contributed by atoms with Crippen LogP contribution in [0.5, 0.6) is 0 Å². The number of amides is 2. The van der Waals surface area contributed by atoms with Crippen LogP contribution in [0.2, 0.25) is 5.02 Å². The highest BCUT2D eigenvalue weighted by Gasteiger charge is 2.49. The number of rotatable bonds is 6. The highest BCUT2D eigenvalue weighted by atomic mass is 35.5. The smallest absolute Gasteiger partial charge is 0.335 e. The molecular formula is C25H29ClN2O5. The van der Waals surface area contributed by atoms with Crippen molar-refractivity contribution in [1.29, 1.82) is 0 Å². The van der Waals surface area contributed by atoms with Crippen LogP contribution in [0, 0.1) is 5.41 Å². The number of carboxylic acid groups (broad SMARTS) is 1. The second-order valence-corrected chi connectivity index (χ2v) is 9.72. The van der Waals surface area contributed by atoms with Gasteiger partial charge in [0.25, 0.3) is 5.91 Å². The number of carboxylic acids is 1. The minimum absolute atomic E-state index is 0.0232. The van der Waals surface area contributed by atoms with Gasteiger partial charge in [-0.3, -0.25) is 9.59 Å². The van der Waals surface area contributed by atoms with Crippen LogP contribution in [-0.4, -0.2) is 52.0 Å². The fourth-order valence-corrected chi connectivity index (χ4v) is 4.46. The normalized spacial score (nSPS) is 20.7.